The number of rotatable bonds is 2. The monoisotopic (exact) mass is 320 g/mol. The van der Waals surface area contributed by atoms with Crippen molar-refractivity contribution in [2.75, 3.05) is 11.1 Å². The molecule has 2 aromatic heterocycles. The minimum absolute atomic E-state index is 0.248. The third-order valence-electron chi connectivity index (χ3n) is 2.48. The standard InChI is InChI=1S/C12H9BrN4S/c13-9-6-15-12(14)17-11(9)16-8-1-2-10-7(5-8)3-4-18-10/h1-6H,(H3,14,15,16,17). The van der Waals surface area contributed by atoms with Crippen LogP contribution in [0.25, 0.3) is 10.1 Å². The first-order valence-electron chi connectivity index (χ1n) is 5.25. The van der Waals surface area contributed by atoms with Gasteiger partial charge in [-0.3, -0.25) is 0 Å². The Hall–Kier alpha value is -1.66. The van der Waals surface area contributed by atoms with Crippen molar-refractivity contribution in [3.8, 4) is 0 Å². The molecule has 0 unspecified atom stereocenters. The highest BCUT2D eigenvalue weighted by molar-refractivity contribution is 9.10. The first-order valence-corrected chi connectivity index (χ1v) is 6.92. The molecule has 3 N–H and O–H groups in total. The van der Waals surface area contributed by atoms with Crippen molar-refractivity contribution in [3.63, 3.8) is 0 Å². The third-order valence-corrected chi connectivity index (χ3v) is 3.96. The van der Waals surface area contributed by atoms with Gasteiger partial charge in [-0.25, -0.2) is 4.98 Å². The van der Waals surface area contributed by atoms with Crippen LogP contribution in [0.2, 0.25) is 0 Å². The third kappa shape index (κ3) is 2.16. The lowest BCUT2D eigenvalue weighted by molar-refractivity contribution is 1.17. The van der Waals surface area contributed by atoms with E-state index in [4.69, 9.17) is 5.73 Å². The zero-order chi connectivity index (χ0) is 12.5. The van der Waals surface area contributed by atoms with Gasteiger partial charge in [0.25, 0.3) is 0 Å². The summed E-state index contributed by atoms with van der Waals surface area (Å²) < 4.78 is 2.05. The molecule has 0 saturated carbocycles. The van der Waals surface area contributed by atoms with Gasteiger partial charge in [0.2, 0.25) is 5.95 Å². The van der Waals surface area contributed by atoms with Crippen LogP contribution in [0.5, 0.6) is 0 Å². The maximum absolute atomic E-state index is 5.57. The summed E-state index contributed by atoms with van der Waals surface area (Å²) in [5.74, 6) is 0.911. The number of aromatic nitrogens is 2. The lowest BCUT2D eigenvalue weighted by Gasteiger charge is -2.07. The second kappa shape index (κ2) is 4.55. The summed E-state index contributed by atoms with van der Waals surface area (Å²) in [5.41, 5.74) is 6.55. The number of halogens is 1. The van der Waals surface area contributed by atoms with E-state index < -0.39 is 0 Å². The molecule has 0 radical (unpaired) electrons. The number of anilines is 3. The maximum Gasteiger partial charge on any atom is 0.222 e. The zero-order valence-electron chi connectivity index (χ0n) is 9.22. The van der Waals surface area contributed by atoms with Crippen molar-refractivity contribution in [2.45, 2.75) is 0 Å². The second-order valence-electron chi connectivity index (χ2n) is 3.72. The Morgan fingerprint density at radius 2 is 2.17 bits per heavy atom. The van der Waals surface area contributed by atoms with E-state index in [9.17, 15) is 0 Å². The minimum Gasteiger partial charge on any atom is -0.368 e. The summed E-state index contributed by atoms with van der Waals surface area (Å²) in [6.45, 7) is 0. The SMILES string of the molecule is Nc1ncc(Br)c(Nc2ccc3sccc3c2)n1. The highest BCUT2D eigenvalue weighted by Gasteiger charge is 2.04. The molecule has 0 aliphatic rings. The Balaban J connectivity index is 1.97. The van der Waals surface area contributed by atoms with Gasteiger partial charge in [-0.1, -0.05) is 0 Å². The van der Waals surface area contributed by atoms with Crippen LogP contribution in [0, 0.1) is 0 Å². The van der Waals surface area contributed by atoms with Crippen molar-refractivity contribution < 1.29 is 0 Å². The first-order chi connectivity index (χ1) is 8.72. The fourth-order valence-corrected chi connectivity index (χ4v) is 2.71. The summed E-state index contributed by atoms with van der Waals surface area (Å²) in [7, 11) is 0. The molecule has 3 rings (SSSR count). The molecule has 90 valence electrons. The molecule has 0 fully saturated rings. The lowest BCUT2D eigenvalue weighted by atomic mass is 10.2. The Morgan fingerprint density at radius 3 is 3.06 bits per heavy atom. The van der Waals surface area contributed by atoms with Crippen molar-refractivity contribution in [2.24, 2.45) is 0 Å². The summed E-state index contributed by atoms with van der Waals surface area (Å²) in [4.78, 5) is 8.05. The van der Waals surface area contributed by atoms with Gasteiger partial charge < -0.3 is 11.1 Å². The number of thiophene rings is 1. The summed E-state index contributed by atoms with van der Waals surface area (Å²) in [6, 6.07) is 8.27. The van der Waals surface area contributed by atoms with Crippen molar-refractivity contribution in [1.82, 2.24) is 9.97 Å². The van der Waals surface area contributed by atoms with E-state index in [1.807, 2.05) is 6.07 Å². The van der Waals surface area contributed by atoms with E-state index in [1.165, 1.54) is 10.1 Å². The molecule has 0 saturated heterocycles. The normalized spacial score (nSPS) is 10.7. The molecule has 0 aliphatic carbocycles. The fraction of sp³-hybridized carbons (Fsp3) is 0. The van der Waals surface area contributed by atoms with Crippen LogP contribution in [0.1, 0.15) is 0 Å². The smallest absolute Gasteiger partial charge is 0.222 e. The molecule has 6 heteroatoms. The van der Waals surface area contributed by atoms with E-state index in [-0.39, 0.29) is 5.95 Å². The number of nitrogens with one attached hydrogen (secondary N) is 1. The van der Waals surface area contributed by atoms with Gasteiger partial charge in [0, 0.05) is 16.6 Å². The Labute approximate surface area is 116 Å². The van der Waals surface area contributed by atoms with Crippen LogP contribution in [0.15, 0.2) is 40.3 Å². The first kappa shape index (κ1) is 11.4. The Bertz CT molecular complexity index is 710. The topological polar surface area (TPSA) is 63.8 Å². The molecular weight excluding hydrogens is 312 g/mol. The summed E-state index contributed by atoms with van der Waals surface area (Å²) >= 11 is 5.11. The summed E-state index contributed by atoms with van der Waals surface area (Å²) in [5, 5.41) is 6.51. The average Bonchev–Trinajstić information content (AvgIpc) is 2.81. The molecule has 0 spiro atoms. The van der Waals surface area contributed by atoms with Gasteiger partial charge in [-0.05, 0) is 51.0 Å². The molecule has 4 nitrogen and oxygen atoms in total. The molecule has 0 atom stereocenters. The van der Waals surface area contributed by atoms with Gasteiger partial charge in [-0.15, -0.1) is 11.3 Å². The van der Waals surface area contributed by atoms with Gasteiger partial charge in [0.05, 0.1) is 4.47 Å². The van der Waals surface area contributed by atoms with Gasteiger partial charge in [0.15, 0.2) is 0 Å². The van der Waals surface area contributed by atoms with E-state index in [0.717, 1.165) is 10.2 Å². The maximum atomic E-state index is 5.57. The number of nitrogens with two attached hydrogens (primary N) is 1. The Kier molecular flexibility index (Phi) is 2.89. The van der Waals surface area contributed by atoms with Crippen LogP contribution in [-0.4, -0.2) is 9.97 Å². The van der Waals surface area contributed by atoms with Gasteiger partial charge in [-0.2, -0.15) is 4.98 Å². The van der Waals surface area contributed by atoms with Gasteiger partial charge >= 0.3 is 0 Å². The number of nitrogens with zero attached hydrogens (tertiary/aromatic N) is 2. The second-order valence-corrected chi connectivity index (χ2v) is 5.52. The minimum atomic E-state index is 0.248. The number of hydrogen-bond donors (Lipinski definition) is 2. The predicted octanol–water partition coefficient (Wildman–Crippen LogP) is 3.78. The van der Waals surface area contributed by atoms with Crippen molar-refractivity contribution in [3.05, 3.63) is 40.3 Å². The van der Waals surface area contributed by atoms with E-state index >= 15 is 0 Å². The van der Waals surface area contributed by atoms with Crippen LogP contribution in [0.3, 0.4) is 0 Å². The molecular formula is C12H9BrN4S. The van der Waals surface area contributed by atoms with E-state index in [1.54, 1.807) is 17.5 Å². The number of benzene rings is 1. The van der Waals surface area contributed by atoms with Gasteiger partial charge in [0.1, 0.15) is 5.82 Å². The number of hydrogen-bond acceptors (Lipinski definition) is 5. The largest absolute Gasteiger partial charge is 0.368 e. The van der Waals surface area contributed by atoms with Crippen molar-refractivity contribution in [1.29, 1.82) is 0 Å². The molecule has 18 heavy (non-hydrogen) atoms. The molecule has 0 amide bonds. The molecule has 0 aliphatic heterocycles. The van der Waals surface area contributed by atoms with Crippen LogP contribution < -0.4 is 11.1 Å². The lowest BCUT2D eigenvalue weighted by Crippen LogP contribution is -2.00. The highest BCUT2D eigenvalue weighted by atomic mass is 79.9. The Morgan fingerprint density at radius 1 is 1.28 bits per heavy atom. The predicted molar refractivity (Wildman–Crippen MR) is 79.3 cm³/mol. The quantitative estimate of drug-likeness (QED) is 0.754. The fourth-order valence-electron chi connectivity index (χ4n) is 1.65. The van der Waals surface area contributed by atoms with Crippen LogP contribution in [-0.2, 0) is 0 Å². The summed E-state index contributed by atoms with van der Waals surface area (Å²) in [6.07, 6.45) is 1.63. The number of fused-ring (bicyclic) bond motifs is 1. The van der Waals surface area contributed by atoms with E-state index in [0.29, 0.717) is 5.82 Å². The molecule has 1 aromatic carbocycles. The zero-order valence-corrected chi connectivity index (χ0v) is 11.6. The molecule has 2 heterocycles. The average molecular weight is 321 g/mol. The van der Waals surface area contributed by atoms with Crippen LogP contribution in [0.4, 0.5) is 17.5 Å². The highest BCUT2D eigenvalue weighted by Crippen LogP contribution is 2.28. The molecule has 0 bridgehead atoms. The molecule has 3 aromatic rings. The van der Waals surface area contributed by atoms with E-state index in [2.05, 4.69) is 54.8 Å². The van der Waals surface area contributed by atoms with Crippen LogP contribution >= 0.6 is 27.3 Å². The number of nitrogen functional groups attached to an aromatic ring is 1. The van der Waals surface area contributed by atoms with Crippen molar-refractivity contribution >= 4 is 54.8 Å².